The van der Waals surface area contributed by atoms with Crippen molar-refractivity contribution >= 4 is 33.3 Å². The molecule has 1 aromatic carbocycles. The summed E-state index contributed by atoms with van der Waals surface area (Å²) >= 11 is 8.71. The summed E-state index contributed by atoms with van der Waals surface area (Å²) in [6.45, 7) is -2.92. The summed E-state index contributed by atoms with van der Waals surface area (Å²) in [4.78, 5) is 11.2. The molecule has 0 unspecified atom stereocenters. The van der Waals surface area contributed by atoms with Crippen LogP contribution >= 0.6 is 27.5 Å². The largest absolute Gasteiger partial charge is 0.435 e. The fourth-order valence-electron chi connectivity index (χ4n) is 1.16. The molecule has 0 heterocycles. The fraction of sp³-hybridized carbons (Fsp3) is 0.300. The lowest BCUT2D eigenvalue weighted by atomic mass is 10.1. The van der Waals surface area contributed by atoms with Gasteiger partial charge in [0.1, 0.15) is 11.5 Å². The Morgan fingerprint density at radius 3 is 2.75 bits per heavy atom. The summed E-state index contributed by atoms with van der Waals surface area (Å²) in [5.74, 6) is -0.157. The molecule has 1 aromatic rings. The van der Waals surface area contributed by atoms with Crippen LogP contribution in [0, 0.1) is 0 Å². The number of carbonyl (C=O) groups excluding carboxylic acids is 1. The fourth-order valence-corrected chi connectivity index (χ4v) is 1.55. The first kappa shape index (κ1) is 13.4. The second-order valence-corrected chi connectivity index (χ2v) is 3.98. The third kappa shape index (κ3) is 4.06. The number of halogens is 4. The van der Waals surface area contributed by atoms with Crippen LogP contribution in [0.1, 0.15) is 5.56 Å². The van der Waals surface area contributed by atoms with E-state index in [1.54, 1.807) is 0 Å². The summed E-state index contributed by atoms with van der Waals surface area (Å²) in [7, 11) is 0. The van der Waals surface area contributed by atoms with Gasteiger partial charge in [0.15, 0.2) is 0 Å². The molecule has 6 heteroatoms. The molecular weight excluding hydrogens is 305 g/mol. The molecule has 0 saturated carbocycles. The van der Waals surface area contributed by atoms with Gasteiger partial charge in [0.05, 0.1) is 5.33 Å². The van der Waals surface area contributed by atoms with Crippen LogP contribution in [0.4, 0.5) is 8.78 Å². The van der Waals surface area contributed by atoms with Gasteiger partial charge in [-0.1, -0.05) is 27.5 Å². The van der Waals surface area contributed by atoms with Crippen molar-refractivity contribution in [2.24, 2.45) is 0 Å². The molecule has 1 rings (SSSR count). The summed E-state index contributed by atoms with van der Waals surface area (Å²) in [5, 5.41) is 0.534. The Labute approximate surface area is 105 Å². The lowest BCUT2D eigenvalue weighted by Gasteiger charge is -2.10. The predicted molar refractivity (Wildman–Crippen MR) is 60.6 cm³/mol. The number of hydrogen-bond donors (Lipinski definition) is 0. The highest BCUT2D eigenvalue weighted by atomic mass is 79.9. The number of Topliss-reactive ketones (excluding diaryl/α,β-unsaturated/α-hetero) is 1. The van der Waals surface area contributed by atoms with Crippen LogP contribution in [0.15, 0.2) is 18.2 Å². The van der Waals surface area contributed by atoms with E-state index in [1.807, 2.05) is 0 Å². The minimum atomic E-state index is -2.92. The van der Waals surface area contributed by atoms with E-state index in [0.717, 1.165) is 0 Å². The average Bonchev–Trinajstić information content (AvgIpc) is 2.21. The molecule has 88 valence electrons. The van der Waals surface area contributed by atoms with E-state index >= 15 is 0 Å². The molecule has 0 bridgehead atoms. The van der Waals surface area contributed by atoms with Crippen LogP contribution in [-0.2, 0) is 11.2 Å². The van der Waals surface area contributed by atoms with Gasteiger partial charge < -0.3 is 4.74 Å². The summed E-state index contributed by atoms with van der Waals surface area (Å²) in [6, 6.07) is 4.20. The molecule has 0 amide bonds. The zero-order chi connectivity index (χ0) is 12.1. The van der Waals surface area contributed by atoms with Crippen molar-refractivity contribution in [1.82, 2.24) is 0 Å². The van der Waals surface area contributed by atoms with Gasteiger partial charge in [-0.25, -0.2) is 0 Å². The molecule has 0 aromatic heterocycles. The quantitative estimate of drug-likeness (QED) is 0.778. The molecule has 16 heavy (non-hydrogen) atoms. The highest BCUT2D eigenvalue weighted by molar-refractivity contribution is 9.09. The standard InChI is InChI=1S/C10H8BrClF2O2/c11-5-8(15)4-6-3-7(12)1-2-9(6)16-10(13)14/h1-3,10H,4-5H2. The number of alkyl halides is 3. The van der Waals surface area contributed by atoms with E-state index in [2.05, 4.69) is 20.7 Å². The minimum Gasteiger partial charge on any atom is -0.435 e. The lowest BCUT2D eigenvalue weighted by Crippen LogP contribution is -2.08. The van der Waals surface area contributed by atoms with E-state index in [-0.39, 0.29) is 23.3 Å². The monoisotopic (exact) mass is 312 g/mol. The Bertz CT molecular complexity index is 385. The molecule has 0 aliphatic heterocycles. The molecule has 0 radical (unpaired) electrons. The van der Waals surface area contributed by atoms with Crippen LogP contribution in [0.5, 0.6) is 5.75 Å². The second-order valence-electron chi connectivity index (χ2n) is 2.98. The molecule has 0 saturated heterocycles. The van der Waals surface area contributed by atoms with E-state index < -0.39 is 6.61 Å². The van der Waals surface area contributed by atoms with E-state index in [9.17, 15) is 13.6 Å². The SMILES string of the molecule is O=C(CBr)Cc1cc(Cl)ccc1OC(F)F. The first-order chi connectivity index (χ1) is 7.52. The predicted octanol–water partition coefficient (Wildman–Crippen LogP) is 3.45. The van der Waals surface area contributed by atoms with Crippen molar-refractivity contribution in [3.05, 3.63) is 28.8 Å². The number of benzene rings is 1. The van der Waals surface area contributed by atoms with E-state index in [1.165, 1.54) is 18.2 Å². The molecule has 0 aliphatic rings. The van der Waals surface area contributed by atoms with Gasteiger partial charge in [-0.15, -0.1) is 0 Å². The van der Waals surface area contributed by atoms with Crippen molar-refractivity contribution in [3.8, 4) is 5.75 Å². The Balaban J connectivity index is 2.93. The lowest BCUT2D eigenvalue weighted by molar-refractivity contribution is -0.116. The number of rotatable bonds is 5. The smallest absolute Gasteiger partial charge is 0.387 e. The number of ketones is 1. The van der Waals surface area contributed by atoms with Crippen molar-refractivity contribution in [2.75, 3.05) is 5.33 Å². The van der Waals surface area contributed by atoms with E-state index in [4.69, 9.17) is 11.6 Å². The average molecular weight is 314 g/mol. The van der Waals surface area contributed by atoms with Gasteiger partial charge >= 0.3 is 6.61 Å². The summed E-state index contributed by atoms with van der Waals surface area (Å²) in [5.41, 5.74) is 0.359. The van der Waals surface area contributed by atoms with Crippen LogP contribution in [-0.4, -0.2) is 17.7 Å². The third-order valence-corrected chi connectivity index (χ3v) is 2.64. The van der Waals surface area contributed by atoms with Gasteiger partial charge in [0.2, 0.25) is 0 Å². The molecule has 0 aliphatic carbocycles. The van der Waals surface area contributed by atoms with E-state index in [0.29, 0.717) is 10.6 Å². The molecule has 0 spiro atoms. The molecule has 0 N–H and O–H groups in total. The van der Waals surface area contributed by atoms with Crippen molar-refractivity contribution < 1.29 is 18.3 Å². The highest BCUT2D eigenvalue weighted by Gasteiger charge is 2.12. The van der Waals surface area contributed by atoms with Gasteiger partial charge in [0.25, 0.3) is 0 Å². The maximum absolute atomic E-state index is 12.1. The number of hydrogen-bond acceptors (Lipinski definition) is 2. The van der Waals surface area contributed by atoms with Crippen LogP contribution in [0.25, 0.3) is 0 Å². The highest BCUT2D eigenvalue weighted by Crippen LogP contribution is 2.25. The van der Waals surface area contributed by atoms with Crippen molar-refractivity contribution in [3.63, 3.8) is 0 Å². The van der Waals surface area contributed by atoms with Gasteiger partial charge in [0, 0.05) is 17.0 Å². The number of carbonyl (C=O) groups is 1. The maximum Gasteiger partial charge on any atom is 0.387 e. The second kappa shape index (κ2) is 6.15. The van der Waals surface area contributed by atoms with Gasteiger partial charge in [-0.2, -0.15) is 8.78 Å². The van der Waals surface area contributed by atoms with Crippen molar-refractivity contribution in [1.29, 1.82) is 0 Å². The van der Waals surface area contributed by atoms with Gasteiger partial charge in [-0.05, 0) is 18.2 Å². The Kier molecular flexibility index (Phi) is 5.15. The zero-order valence-corrected chi connectivity index (χ0v) is 10.4. The first-order valence-corrected chi connectivity index (χ1v) is 5.83. The Hall–Kier alpha value is -0.680. The molecule has 2 nitrogen and oxygen atoms in total. The van der Waals surface area contributed by atoms with Gasteiger partial charge in [-0.3, -0.25) is 4.79 Å². The molecule has 0 atom stereocenters. The third-order valence-electron chi connectivity index (χ3n) is 1.78. The Morgan fingerprint density at radius 2 is 2.19 bits per heavy atom. The van der Waals surface area contributed by atoms with Crippen LogP contribution in [0.2, 0.25) is 5.02 Å². The Morgan fingerprint density at radius 1 is 1.50 bits per heavy atom. The zero-order valence-electron chi connectivity index (χ0n) is 8.05. The number of ether oxygens (including phenoxy) is 1. The maximum atomic E-state index is 12.1. The normalized spacial score (nSPS) is 10.6. The minimum absolute atomic E-state index is 0.00780. The summed E-state index contributed by atoms with van der Waals surface area (Å²) < 4.78 is 28.4. The first-order valence-electron chi connectivity index (χ1n) is 4.34. The van der Waals surface area contributed by atoms with Crippen LogP contribution in [0.3, 0.4) is 0 Å². The van der Waals surface area contributed by atoms with Crippen molar-refractivity contribution in [2.45, 2.75) is 13.0 Å². The molecular formula is C10H8BrClF2O2. The summed E-state index contributed by atoms with van der Waals surface area (Å²) in [6.07, 6.45) is 0.00780. The van der Waals surface area contributed by atoms with Crippen LogP contribution < -0.4 is 4.74 Å². The topological polar surface area (TPSA) is 26.3 Å². The molecule has 0 fully saturated rings.